The predicted octanol–water partition coefficient (Wildman–Crippen LogP) is 2.73. The lowest BCUT2D eigenvalue weighted by Crippen LogP contribution is -2.28. The molecule has 14 heteroatoms. The Kier molecular flexibility index (Phi) is 6.52. The van der Waals surface area contributed by atoms with Crippen molar-refractivity contribution in [2.24, 2.45) is 5.14 Å². The molecule has 10 nitrogen and oxygen atoms in total. The minimum atomic E-state index is -4.00. The minimum absolute atomic E-state index is 0.101. The molecule has 33 heavy (non-hydrogen) atoms. The number of hydrogen-bond acceptors (Lipinski definition) is 9. The van der Waals surface area contributed by atoms with Crippen LogP contribution in [0.3, 0.4) is 0 Å². The van der Waals surface area contributed by atoms with Crippen LogP contribution in [-0.4, -0.2) is 64.3 Å². The second-order valence-corrected chi connectivity index (χ2v) is 9.60. The SMILES string of the molecule is CCN(CC)CCOc1ncc2c3ccc(S(N)(=O)=O)cc3n(-c3nnc(C(F)F)s3)c2n1. The molecular formula is C19H21F2N7O3S2. The highest BCUT2D eigenvalue weighted by Crippen LogP contribution is 2.34. The minimum Gasteiger partial charge on any atom is -0.462 e. The summed E-state index contributed by atoms with van der Waals surface area (Å²) in [5.74, 6) is 0. The summed E-state index contributed by atoms with van der Waals surface area (Å²) in [6.07, 6.45) is -1.25. The van der Waals surface area contributed by atoms with Gasteiger partial charge in [-0.1, -0.05) is 31.3 Å². The molecule has 0 saturated carbocycles. The summed E-state index contributed by atoms with van der Waals surface area (Å²) in [4.78, 5) is 10.8. The summed E-state index contributed by atoms with van der Waals surface area (Å²) in [5, 5.41) is 13.5. The second-order valence-electron chi connectivity index (χ2n) is 7.05. The molecule has 0 unspecified atom stereocenters. The number of hydrogen-bond donors (Lipinski definition) is 1. The molecular weight excluding hydrogens is 476 g/mol. The normalized spacial score (nSPS) is 12.5. The van der Waals surface area contributed by atoms with Gasteiger partial charge in [0.2, 0.25) is 15.2 Å². The highest BCUT2D eigenvalue weighted by atomic mass is 32.2. The van der Waals surface area contributed by atoms with Gasteiger partial charge < -0.3 is 9.64 Å². The molecule has 0 radical (unpaired) electrons. The number of fused-ring (bicyclic) bond motifs is 3. The lowest BCUT2D eigenvalue weighted by Gasteiger charge is -2.17. The van der Waals surface area contributed by atoms with E-state index < -0.39 is 21.5 Å². The first-order valence-corrected chi connectivity index (χ1v) is 12.4. The van der Waals surface area contributed by atoms with Crippen LogP contribution in [0.1, 0.15) is 25.3 Å². The zero-order valence-electron chi connectivity index (χ0n) is 17.8. The standard InChI is InChI=1S/C19H21F2N7O3S2/c1-3-27(4-2)7-8-31-18-23-10-13-12-6-5-11(33(22,29)30)9-14(12)28(16(13)24-18)19-26-25-17(32-19)15(20)21/h5-6,9-10,15H,3-4,7-8H2,1-2H3,(H2,22,29,30). The van der Waals surface area contributed by atoms with Crippen LogP contribution < -0.4 is 9.88 Å². The predicted molar refractivity (Wildman–Crippen MR) is 119 cm³/mol. The zero-order valence-corrected chi connectivity index (χ0v) is 19.4. The molecule has 0 fully saturated rings. The molecule has 4 aromatic rings. The first-order valence-electron chi connectivity index (χ1n) is 10.0. The van der Waals surface area contributed by atoms with Crippen LogP contribution in [0.25, 0.3) is 27.1 Å². The van der Waals surface area contributed by atoms with Gasteiger partial charge in [-0.2, -0.15) is 4.98 Å². The van der Waals surface area contributed by atoms with Crippen molar-refractivity contribution in [3.63, 3.8) is 0 Å². The highest BCUT2D eigenvalue weighted by molar-refractivity contribution is 7.89. The summed E-state index contributed by atoms with van der Waals surface area (Å²) in [6, 6.07) is 4.37. The average molecular weight is 498 g/mol. The highest BCUT2D eigenvalue weighted by Gasteiger charge is 2.22. The number of rotatable bonds is 9. The van der Waals surface area contributed by atoms with Gasteiger partial charge in [-0.05, 0) is 25.2 Å². The summed E-state index contributed by atoms with van der Waals surface area (Å²) < 4.78 is 57.3. The quantitative estimate of drug-likeness (QED) is 0.374. The van der Waals surface area contributed by atoms with Crippen molar-refractivity contribution in [3.8, 4) is 11.1 Å². The number of benzene rings is 1. The van der Waals surface area contributed by atoms with Crippen LogP contribution in [0.5, 0.6) is 6.01 Å². The van der Waals surface area contributed by atoms with Gasteiger partial charge in [0, 0.05) is 23.5 Å². The molecule has 0 amide bonds. The maximum Gasteiger partial charge on any atom is 0.318 e. The molecule has 2 N–H and O–H groups in total. The van der Waals surface area contributed by atoms with E-state index in [9.17, 15) is 17.2 Å². The summed E-state index contributed by atoms with van der Waals surface area (Å²) >= 11 is 0.677. The Morgan fingerprint density at radius 1 is 1.21 bits per heavy atom. The fraction of sp³-hybridized carbons (Fsp3) is 0.368. The van der Waals surface area contributed by atoms with Crippen molar-refractivity contribution in [1.82, 2.24) is 29.6 Å². The zero-order chi connectivity index (χ0) is 23.8. The number of sulfonamides is 1. The summed E-state index contributed by atoms with van der Waals surface area (Å²) in [7, 11) is -4.00. The molecule has 0 atom stereocenters. The van der Waals surface area contributed by atoms with E-state index in [4.69, 9.17) is 9.88 Å². The molecule has 0 aliphatic rings. The van der Waals surface area contributed by atoms with Crippen LogP contribution in [0.4, 0.5) is 8.78 Å². The Morgan fingerprint density at radius 3 is 2.61 bits per heavy atom. The van der Waals surface area contributed by atoms with Crippen LogP contribution >= 0.6 is 11.3 Å². The van der Waals surface area contributed by atoms with Crippen molar-refractivity contribution < 1.29 is 21.9 Å². The first-order chi connectivity index (χ1) is 15.7. The van der Waals surface area contributed by atoms with Crippen LogP contribution in [-0.2, 0) is 10.0 Å². The molecule has 1 aromatic carbocycles. The molecule has 0 aliphatic heterocycles. The third kappa shape index (κ3) is 4.64. The van der Waals surface area contributed by atoms with Crippen molar-refractivity contribution in [1.29, 1.82) is 0 Å². The summed E-state index contributed by atoms with van der Waals surface area (Å²) in [6.45, 7) is 6.90. The second kappa shape index (κ2) is 9.21. The largest absolute Gasteiger partial charge is 0.462 e. The van der Waals surface area contributed by atoms with E-state index in [-0.39, 0.29) is 16.0 Å². The van der Waals surface area contributed by atoms with Crippen molar-refractivity contribution in [2.45, 2.75) is 25.2 Å². The number of nitrogens with zero attached hydrogens (tertiary/aromatic N) is 6. The number of primary sulfonamides is 1. The molecule has 0 bridgehead atoms. The third-order valence-corrected chi connectivity index (χ3v) is 6.95. The molecule has 3 heterocycles. The van der Waals surface area contributed by atoms with Gasteiger partial charge in [-0.25, -0.2) is 27.3 Å². The maximum atomic E-state index is 13.2. The summed E-state index contributed by atoms with van der Waals surface area (Å²) in [5.41, 5.74) is 0.685. The lowest BCUT2D eigenvalue weighted by molar-refractivity contribution is 0.150. The van der Waals surface area contributed by atoms with Gasteiger partial charge in [0.15, 0.2) is 10.7 Å². The number of ether oxygens (including phenoxy) is 1. The van der Waals surface area contributed by atoms with Crippen LogP contribution in [0, 0.1) is 0 Å². The molecule has 0 spiro atoms. The van der Waals surface area contributed by atoms with Gasteiger partial charge in [0.1, 0.15) is 6.61 Å². The van der Waals surface area contributed by atoms with E-state index in [2.05, 4.69) is 38.9 Å². The van der Waals surface area contributed by atoms with Crippen LogP contribution in [0.2, 0.25) is 0 Å². The fourth-order valence-corrected chi connectivity index (χ4v) is 4.66. The van der Waals surface area contributed by atoms with Crippen LogP contribution in [0.15, 0.2) is 29.3 Å². The molecule has 176 valence electrons. The molecule has 0 saturated heterocycles. The monoisotopic (exact) mass is 497 g/mol. The Bertz CT molecular complexity index is 1400. The lowest BCUT2D eigenvalue weighted by atomic mass is 10.2. The number of halogens is 2. The topological polar surface area (TPSA) is 129 Å². The van der Waals surface area contributed by atoms with Gasteiger partial charge in [-0.15, -0.1) is 10.2 Å². The Balaban J connectivity index is 1.86. The Hall–Kier alpha value is -2.81. The van der Waals surface area contributed by atoms with E-state index in [1.54, 1.807) is 12.3 Å². The average Bonchev–Trinajstić information content (AvgIpc) is 3.38. The number of alkyl halides is 2. The van der Waals surface area contributed by atoms with Crippen molar-refractivity contribution in [3.05, 3.63) is 29.4 Å². The van der Waals surface area contributed by atoms with Gasteiger partial charge in [0.05, 0.1) is 10.4 Å². The van der Waals surface area contributed by atoms with Gasteiger partial charge in [0.25, 0.3) is 6.43 Å². The van der Waals surface area contributed by atoms with Crippen molar-refractivity contribution >= 4 is 43.3 Å². The molecule has 3 aromatic heterocycles. The van der Waals surface area contributed by atoms with Gasteiger partial charge in [-0.3, -0.25) is 4.57 Å². The number of nitrogens with two attached hydrogens (primary N) is 1. The first kappa shape index (κ1) is 23.4. The van der Waals surface area contributed by atoms with E-state index in [0.717, 1.165) is 13.1 Å². The Labute approximate surface area is 192 Å². The molecule has 4 rings (SSSR count). The maximum absolute atomic E-state index is 13.2. The van der Waals surface area contributed by atoms with Gasteiger partial charge >= 0.3 is 6.01 Å². The number of likely N-dealkylation sites (N-methyl/N-ethyl adjacent to an activating group) is 1. The third-order valence-electron chi connectivity index (χ3n) is 5.13. The number of aromatic nitrogens is 5. The van der Waals surface area contributed by atoms with Crippen molar-refractivity contribution in [2.75, 3.05) is 26.2 Å². The molecule has 0 aliphatic carbocycles. The Morgan fingerprint density at radius 2 is 1.97 bits per heavy atom. The smallest absolute Gasteiger partial charge is 0.318 e. The van der Waals surface area contributed by atoms with E-state index in [0.29, 0.717) is 46.4 Å². The van der Waals surface area contributed by atoms with E-state index in [1.165, 1.54) is 16.7 Å². The van der Waals surface area contributed by atoms with E-state index in [1.807, 2.05) is 0 Å². The fourth-order valence-electron chi connectivity index (χ4n) is 3.41. The van der Waals surface area contributed by atoms with E-state index >= 15 is 0 Å².